The fourth-order valence-electron chi connectivity index (χ4n) is 3.56. The molecule has 0 bridgehead atoms. The summed E-state index contributed by atoms with van der Waals surface area (Å²) < 4.78 is 20.9. The molecule has 0 saturated heterocycles. The molecule has 144 valence electrons. The molecule has 0 amide bonds. The third-order valence-corrected chi connectivity index (χ3v) is 4.90. The molecule has 0 saturated carbocycles. The average molecular weight is 387 g/mol. The Hall–Kier alpha value is -3.61. The van der Waals surface area contributed by atoms with Crippen LogP contribution in [-0.4, -0.2) is 24.7 Å². The van der Waals surface area contributed by atoms with Crippen LogP contribution in [0.25, 0.3) is 33.3 Å². The maximum atomic E-state index is 13.2. The van der Waals surface area contributed by atoms with Crippen molar-refractivity contribution in [2.75, 3.05) is 0 Å². The zero-order valence-electron chi connectivity index (χ0n) is 15.8. The normalized spacial score (nSPS) is 11.5. The van der Waals surface area contributed by atoms with Crippen molar-refractivity contribution in [1.29, 1.82) is 0 Å². The molecule has 1 aromatic carbocycles. The molecule has 0 atom stereocenters. The van der Waals surface area contributed by atoms with Crippen molar-refractivity contribution in [3.8, 4) is 11.3 Å². The average Bonchev–Trinajstić information content (AvgIpc) is 3.34. The van der Waals surface area contributed by atoms with Gasteiger partial charge < -0.3 is 9.09 Å². The number of halogens is 1. The molecule has 0 aliphatic carbocycles. The molecular formula is C22H18FN5O. The number of hydrogen-bond acceptors (Lipinski definition) is 5. The number of nitrogens with zero attached hydrogens (tertiary/aromatic N) is 5. The second kappa shape index (κ2) is 7.09. The van der Waals surface area contributed by atoms with Gasteiger partial charge in [-0.2, -0.15) is 0 Å². The summed E-state index contributed by atoms with van der Waals surface area (Å²) >= 11 is 0. The molecule has 29 heavy (non-hydrogen) atoms. The topological polar surface area (TPSA) is 69.6 Å². The summed E-state index contributed by atoms with van der Waals surface area (Å²) in [6.07, 6.45) is 5.36. The highest BCUT2D eigenvalue weighted by Crippen LogP contribution is 2.26. The fraction of sp³-hybridized carbons (Fsp3) is 0.182. The van der Waals surface area contributed by atoms with E-state index in [9.17, 15) is 4.39 Å². The maximum Gasteiger partial charge on any atom is 0.157 e. The van der Waals surface area contributed by atoms with Crippen molar-refractivity contribution < 1.29 is 8.91 Å². The highest BCUT2D eigenvalue weighted by atomic mass is 19.1. The van der Waals surface area contributed by atoms with Gasteiger partial charge in [-0.3, -0.25) is 9.97 Å². The molecule has 0 aliphatic heterocycles. The van der Waals surface area contributed by atoms with Crippen LogP contribution in [0, 0.1) is 5.82 Å². The Balaban J connectivity index is 1.60. The summed E-state index contributed by atoms with van der Waals surface area (Å²) in [5.74, 6) is 1.38. The molecular weight excluding hydrogens is 369 g/mol. The SMILES string of the molecule is CCCc1nc2cnc3cccnc3c2n1Cc1cc(-c2ccc(F)cc2)no1. The molecule has 0 fully saturated rings. The molecule has 4 heterocycles. The van der Waals surface area contributed by atoms with E-state index in [1.165, 1.54) is 12.1 Å². The van der Waals surface area contributed by atoms with Crippen molar-refractivity contribution >= 4 is 22.1 Å². The third kappa shape index (κ3) is 3.14. The molecule has 5 rings (SSSR count). The maximum absolute atomic E-state index is 13.2. The summed E-state index contributed by atoms with van der Waals surface area (Å²) in [7, 11) is 0. The smallest absolute Gasteiger partial charge is 0.157 e. The van der Waals surface area contributed by atoms with Crippen LogP contribution in [0.1, 0.15) is 24.9 Å². The van der Waals surface area contributed by atoms with Gasteiger partial charge in [-0.1, -0.05) is 12.1 Å². The quantitative estimate of drug-likeness (QED) is 0.434. The number of aryl methyl sites for hydroxylation is 1. The number of imidazole rings is 1. The van der Waals surface area contributed by atoms with Crippen LogP contribution in [0.2, 0.25) is 0 Å². The third-order valence-electron chi connectivity index (χ3n) is 4.90. The lowest BCUT2D eigenvalue weighted by Gasteiger charge is -2.07. The minimum atomic E-state index is -0.278. The van der Waals surface area contributed by atoms with Crippen molar-refractivity contribution in [2.45, 2.75) is 26.3 Å². The molecule has 5 aromatic rings. The molecule has 0 spiro atoms. The number of aromatic nitrogens is 5. The minimum Gasteiger partial charge on any atom is -0.359 e. The predicted octanol–water partition coefficient (Wildman–Crippen LogP) is 4.77. The Morgan fingerprint density at radius 3 is 2.76 bits per heavy atom. The Morgan fingerprint density at radius 2 is 1.93 bits per heavy atom. The van der Waals surface area contributed by atoms with Crippen LogP contribution in [-0.2, 0) is 13.0 Å². The summed E-state index contributed by atoms with van der Waals surface area (Å²) in [4.78, 5) is 13.8. The van der Waals surface area contributed by atoms with Crippen LogP contribution in [0.3, 0.4) is 0 Å². The van der Waals surface area contributed by atoms with Gasteiger partial charge in [0.2, 0.25) is 0 Å². The lowest BCUT2D eigenvalue weighted by molar-refractivity contribution is 0.378. The number of hydrogen-bond donors (Lipinski definition) is 0. The van der Waals surface area contributed by atoms with E-state index in [2.05, 4.69) is 26.6 Å². The highest BCUT2D eigenvalue weighted by Gasteiger charge is 2.17. The lowest BCUT2D eigenvalue weighted by Crippen LogP contribution is -2.05. The van der Waals surface area contributed by atoms with E-state index in [1.54, 1.807) is 24.5 Å². The Morgan fingerprint density at radius 1 is 1.07 bits per heavy atom. The van der Waals surface area contributed by atoms with Crippen LogP contribution in [0.15, 0.2) is 59.4 Å². The van der Waals surface area contributed by atoms with Gasteiger partial charge in [0.1, 0.15) is 28.4 Å². The Bertz CT molecular complexity index is 1310. The summed E-state index contributed by atoms with van der Waals surface area (Å²) in [5.41, 5.74) is 4.89. The van der Waals surface area contributed by atoms with Gasteiger partial charge in [0.05, 0.1) is 23.8 Å². The van der Waals surface area contributed by atoms with Crippen molar-refractivity contribution in [3.05, 3.63) is 72.3 Å². The van der Waals surface area contributed by atoms with E-state index in [0.717, 1.165) is 46.3 Å². The van der Waals surface area contributed by atoms with Crippen molar-refractivity contribution in [2.24, 2.45) is 0 Å². The highest BCUT2D eigenvalue weighted by molar-refractivity contribution is 5.99. The van der Waals surface area contributed by atoms with E-state index < -0.39 is 0 Å². The van der Waals surface area contributed by atoms with Crippen molar-refractivity contribution in [3.63, 3.8) is 0 Å². The first kappa shape index (κ1) is 17.5. The first-order valence-electron chi connectivity index (χ1n) is 9.53. The Kier molecular flexibility index (Phi) is 4.27. The second-order valence-electron chi connectivity index (χ2n) is 6.91. The van der Waals surface area contributed by atoms with Gasteiger partial charge in [0.15, 0.2) is 5.76 Å². The van der Waals surface area contributed by atoms with Crippen LogP contribution >= 0.6 is 0 Å². The Labute approximate surface area is 166 Å². The summed E-state index contributed by atoms with van der Waals surface area (Å²) in [6, 6.07) is 11.9. The van der Waals surface area contributed by atoms with E-state index in [4.69, 9.17) is 9.51 Å². The van der Waals surface area contributed by atoms with Gasteiger partial charge in [-0.25, -0.2) is 9.37 Å². The van der Waals surface area contributed by atoms with Crippen LogP contribution in [0.4, 0.5) is 4.39 Å². The van der Waals surface area contributed by atoms with E-state index >= 15 is 0 Å². The lowest BCUT2D eigenvalue weighted by atomic mass is 10.1. The van der Waals surface area contributed by atoms with Gasteiger partial charge in [0, 0.05) is 24.2 Å². The van der Waals surface area contributed by atoms with Gasteiger partial charge in [0.25, 0.3) is 0 Å². The largest absolute Gasteiger partial charge is 0.359 e. The fourth-order valence-corrected chi connectivity index (χ4v) is 3.56. The molecule has 0 radical (unpaired) electrons. The number of benzene rings is 1. The number of pyridine rings is 2. The monoisotopic (exact) mass is 387 g/mol. The van der Waals surface area contributed by atoms with E-state index in [0.29, 0.717) is 18.0 Å². The molecule has 0 unspecified atom stereocenters. The predicted molar refractivity (Wildman–Crippen MR) is 108 cm³/mol. The first-order chi connectivity index (χ1) is 14.2. The molecule has 4 aromatic heterocycles. The molecule has 0 N–H and O–H groups in total. The van der Waals surface area contributed by atoms with Gasteiger partial charge in [-0.15, -0.1) is 0 Å². The standard InChI is InChI=1S/C22H18FN5O/c1-2-4-20-26-19-12-25-17-5-3-10-24-21(17)22(19)28(20)13-16-11-18(27-29-16)14-6-8-15(23)9-7-14/h3,5-12H,2,4,13H2,1H3. The number of fused-ring (bicyclic) bond motifs is 3. The van der Waals surface area contributed by atoms with E-state index in [-0.39, 0.29) is 5.82 Å². The van der Waals surface area contributed by atoms with Gasteiger partial charge in [-0.05, 0) is 42.8 Å². The van der Waals surface area contributed by atoms with E-state index in [1.807, 2.05) is 18.2 Å². The second-order valence-corrected chi connectivity index (χ2v) is 6.91. The van der Waals surface area contributed by atoms with Crippen LogP contribution in [0.5, 0.6) is 0 Å². The van der Waals surface area contributed by atoms with Gasteiger partial charge >= 0.3 is 0 Å². The van der Waals surface area contributed by atoms with Crippen LogP contribution < -0.4 is 0 Å². The zero-order chi connectivity index (χ0) is 19.8. The van der Waals surface area contributed by atoms with Crippen molar-refractivity contribution in [1.82, 2.24) is 24.7 Å². The molecule has 7 heteroatoms. The zero-order valence-corrected chi connectivity index (χ0v) is 15.8. The first-order valence-corrected chi connectivity index (χ1v) is 9.53. The number of rotatable bonds is 5. The summed E-state index contributed by atoms with van der Waals surface area (Å²) in [6.45, 7) is 2.61. The molecule has 0 aliphatic rings. The summed E-state index contributed by atoms with van der Waals surface area (Å²) in [5, 5.41) is 4.16. The minimum absolute atomic E-state index is 0.278. The molecule has 6 nitrogen and oxygen atoms in total.